The molecule has 6 nitrogen and oxygen atoms in total. The summed E-state index contributed by atoms with van der Waals surface area (Å²) >= 11 is 7.42. The lowest BCUT2D eigenvalue weighted by Crippen LogP contribution is -2.29. The van der Waals surface area contributed by atoms with E-state index in [1.807, 2.05) is 49.4 Å². The van der Waals surface area contributed by atoms with Gasteiger partial charge in [0.25, 0.3) is 0 Å². The molecular formula is C22H22N4O2S2. The number of carbonyl (C=O) groups is 1. The Morgan fingerprint density at radius 2 is 2.17 bits per heavy atom. The summed E-state index contributed by atoms with van der Waals surface area (Å²) in [5.41, 5.74) is 2.45. The van der Waals surface area contributed by atoms with Gasteiger partial charge in [-0.25, -0.2) is 0 Å². The van der Waals surface area contributed by atoms with Crippen LogP contribution in [0.3, 0.4) is 0 Å². The van der Waals surface area contributed by atoms with Crippen molar-refractivity contribution < 1.29 is 9.53 Å². The first-order chi connectivity index (χ1) is 14.6. The van der Waals surface area contributed by atoms with Gasteiger partial charge in [0, 0.05) is 29.2 Å². The van der Waals surface area contributed by atoms with Crippen LogP contribution in [0, 0.1) is 0 Å². The topological polar surface area (TPSA) is 66.5 Å². The van der Waals surface area contributed by atoms with E-state index in [0.717, 1.165) is 11.4 Å². The zero-order valence-electron chi connectivity index (χ0n) is 16.7. The van der Waals surface area contributed by atoms with Crippen molar-refractivity contribution in [3.8, 4) is 5.75 Å². The molecule has 1 aromatic carbocycles. The molecule has 0 radical (unpaired) electrons. The minimum atomic E-state index is -0.0807. The van der Waals surface area contributed by atoms with Gasteiger partial charge in [-0.1, -0.05) is 19.1 Å². The van der Waals surface area contributed by atoms with Crippen molar-refractivity contribution in [2.24, 2.45) is 0 Å². The zero-order chi connectivity index (χ0) is 21.1. The van der Waals surface area contributed by atoms with Gasteiger partial charge in [0.15, 0.2) is 5.11 Å². The second kappa shape index (κ2) is 8.81. The molecule has 2 N–H and O–H groups in total. The van der Waals surface area contributed by atoms with Crippen LogP contribution in [0.25, 0.3) is 0 Å². The zero-order valence-corrected chi connectivity index (χ0v) is 18.3. The van der Waals surface area contributed by atoms with Crippen molar-refractivity contribution in [1.29, 1.82) is 0 Å². The van der Waals surface area contributed by atoms with E-state index in [-0.39, 0.29) is 18.0 Å². The average molecular weight is 439 g/mol. The van der Waals surface area contributed by atoms with E-state index in [0.29, 0.717) is 23.0 Å². The Labute approximate surface area is 184 Å². The number of rotatable bonds is 6. The maximum Gasteiger partial charge on any atom is 0.224 e. The van der Waals surface area contributed by atoms with E-state index < -0.39 is 0 Å². The Hall–Kier alpha value is -2.97. The number of nitrogens with one attached hydrogen (secondary N) is 2. The molecule has 1 aliphatic rings. The highest BCUT2D eigenvalue weighted by atomic mass is 32.1. The van der Waals surface area contributed by atoms with Crippen LogP contribution in [0.4, 0.5) is 11.4 Å². The number of hydrogen-bond donors (Lipinski definition) is 2. The Morgan fingerprint density at radius 1 is 1.30 bits per heavy atom. The highest BCUT2D eigenvalue weighted by Crippen LogP contribution is 2.44. The fourth-order valence-electron chi connectivity index (χ4n) is 3.55. The van der Waals surface area contributed by atoms with E-state index in [1.165, 1.54) is 4.88 Å². The number of carbonyl (C=O) groups excluding carboxylic acids is 1. The molecule has 2 aromatic heterocycles. The van der Waals surface area contributed by atoms with Gasteiger partial charge < -0.3 is 20.3 Å². The number of aromatic nitrogens is 1. The van der Waals surface area contributed by atoms with E-state index in [2.05, 4.69) is 32.0 Å². The van der Waals surface area contributed by atoms with Crippen molar-refractivity contribution in [2.75, 3.05) is 17.3 Å². The first-order valence-corrected chi connectivity index (χ1v) is 10.9. The molecule has 30 heavy (non-hydrogen) atoms. The minimum Gasteiger partial charge on any atom is -0.494 e. The van der Waals surface area contributed by atoms with E-state index >= 15 is 0 Å². The smallest absolute Gasteiger partial charge is 0.224 e. The molecule has 1 aliphatic heterocycles. The third-order valence-electron chi connectivity index (χ3n) is 4.99. The lowest BCUT2D eigenvalue weighted by atomic mass is 10.0. The summed E-state index contributed by atoms with van der Waals surface area (Å²) in [6.07, 6.45) is 2.19. The lowest BCUT2D eigenvalue weighted by molar-refractivity contribution is -0.115. The van der Waals surface area contributed by atoms with Crippen LogP contribution in [-0.4, -0.2) is 23.1 Å². The Balaban J connectivity index is 1.75. The lowest BCUT2D eigenvalue weighted by Gasteiger charge is -2.27. The summed E-state index contributed by atoms with van der Waals surface area (Å²) in [4.78, 5) is 19.7. The first-order valence-electron chi connectivity index (χ1n) is 9.64. The summed E-state index contributed by atoms with van der Waals surface area (Å²) in [6, 6.07) is 15.6. The van der Waals surface area contributed by atoms with E-state index in [1.54, 1.807) is 24.6 Å². The summed E-state index contributed by atoms with van der Waals surface area (Å²) in [6.45, 7) is 1.81. The van der Waals surface area contributed by atoms with Gasteiger partial charge in [-0.05, 0) is 47.9 Å². The van der Waals surface area contributed by atoms with Crippen LogP contribution < -0.4 is 20.3 Å². The first kappa shape index (κ1) is 20.3. The molecule has 4 rings (SSSR count). The second-order valence-electron chi connectivity index (χ2n) is 6.80. The highest BCUT2D eigenvalue weighted by molar-refractivity contribution is 7.80. The quantitative estimate of drug-likeness (QED) is 0.545. The predicted octanol–water partition coefficient (Wildman–Crippen LogP) is 4.68. The van der Waals surface area contributed by atoms with Gasteiger partial charge >= 0.3 is 0 Å². The fraction of sp³-hybridized carbons (Fsp3) is 0.227. The Bertz CT molecular complexity index is 1040. The normalized spacial score (nSPS) is 18.2. The molecular weight excluding hydrogens is 416 g/mol. The maximum atomic E-state index is 11.8. The van der Waals surface area contributed by atoms with Crippen LogP contribution in [-0.2, 0) is 4.79 Å². The van der Waals surface area contributed by atoms with E-state index in [4.69, 9.17) is 17.0 Å². The van der Waals surface area contributed by atoms with Gasteiger partial charge in [0.05, 0.1) is 30.6 Å². The number of thiophene rings is 1. The molecule has 0 aliphatic carbocycles. The average Bonchev–Trinajstić information content (AvgIpc) is 3.42. The number of amides is 1. The molecule has 0 unspecified atom stereocenters. The number of nitrogens with zero attached hydrogens (tertiary/aromatic N) is 2. The molecule has 1 amide bonds. The summed E-state index contributed by atoms with van der Waals surface area (Å²) in [5.74, 6) is 0.523. The van der Waals surface area contributed by atoms with Crippen molar-refractivity contribution in [3.05, 3.63) is 70.7 Å². The van der Waals surface area contributed by atoms with E-state index in [9.17, 15) is 4.79 Å². The number of thiocarbonyl (C=S) groups is 1. The van der Waals surface area contributed by atoms with Crippen molar-refractivity contribution in [1.82, 2.24) is 10.3 Å². The third-order valence-corrected chi connectivity index (χ3v) is 6.25. The van der Waals surface area contributed by atoms with Gasteiger partial charge in [0.1, 0.15) is 5.75 Å². The summed E-state index contributed by atoms with van der Waals surface area (Å²) in [7, 11) is 1.59. The number of hydrogen-bond acceptors (Lipinski definition) is 5. The Morgan fingerprint density at radius 3 is 2.83 bits per heavy atom. The highest BCUT2D eigenvalue weighted by Gasteiger charge is 2.41. The van der Waals surface area contributed by atoms with Gasteiger partial charge in [-0.2, -0.15) is 0 Å². The summed E-state index contributed by atoms with van der Waals surface area (Å²) < 4.78 is 5.55. The largest absolute Gasteiger partial charge is 0.494 e. The van der Waals surface area contributed by atoms with Crippen LogP contribution in [0.2, 0.25) is 0 Å². The molecule has 0 bridgehead atoms. The fourth-order valence-corrected chi connectivity index (χ4v) is 4.75. The summed E-state index contributed by atoms with van der Waals surface area (Å²) in [5, 5.41) is 9.00. The number of anilines is 2. The molecule has 1 fully saturated rings. The van der Waals surface area contributed by atoms with Crippen molar-refractivity contribution >= 4 is 45.9 Å². The molecule has 0 spiro atoms. The standard InChI is InChI=1S/C22H22N4O2S2/c1-3-19(27)24-15-10-9-14(13-17(15)28-2)26-21(18-8-6-12-30-18)20(25-22(26)29)16-7-4-5-11-23-16/h4-13,20-21H,3H2,1-2H3,(H,24,27)(H,25,29)/t20-,21-/m1/s1. The third kappa shape index (κ3) is 3.88. The monoisotopic (exact) mass is 438 g/mol. The van der Waals surface area contributed by atoms with Crippen LogP contribution in [0.1, 0.15) is 36.0 Å². The number of methoxy groups -OCH3 is 1. The molecule has 3 aromatic rings. The predicted molar refractivity (Wildman–Crippen MR) is 124 cm³/mol. The molecule has 3 heterocycles. The number of ether oxygens (including phenoxy) is 1. The minimum absolute atomic E-state index is 0.0480. The SMILES string of the molecule is CCC(=O)Nc1ccc(N2C(=S)N[C@H](c3ccccn3)[C@H]2c2cccs2)cc1OC. The Kier molecular flexibility index (Phi) is 5.96. The second-order valence-corrected chi connectivity index (χ2v) is 8.16. The molecule has 154 valence electrons. The molecule has 2 atom stereocenters. The number of pyridine rings is 1. The van der Waals surface area contributed by atoms with Gasteiger partial charge in [-0.15, -0.1) is 11.3 Å². The molecule has 1 saturated heterocycles. The van der Waals surface area contributed by atoms with Crippen molar-refractivity contribution in [3.63, 3.8) is 0 Å². The van der Waals surface area contributed by atoms with Gasteiger partial charge in [-0.3, -0.25) is 9.78 Å². The molecule has 0 saturated carbocycles. The van der Waals surface area contributed by atoms with Crippen LogP contribution >= 0.6 is 23.6 Å². The number of benzene rings is 1. The molecule has 8 heteroatoms. The van der Waals surface area contributed by atoms with Crippen molar-refractivity contribution in [2.45, 2.75) is 25.4 Å². The van der Waals surface area contributed by atoms with Gasteiger partial charge in [0.2, 0.25) is 5.91 Å². The van der Waals surface area contributed by atoms with Crippen LogP contribution in [0.5, 0.6) is 5.75 Å². The maximum absolute atomic E-state index is 11.8. The van der Waals surface area contributed by atoms with Crippen LogP contribution in [0.15, 0.2) is 60.1 Å².